The summed E-state index contributed by atoms with van der Waals surface area (Å²) in [5.41, 5.74) is 2.98. The minimum atomic E-state index is -0.540. The largest absolute Gasteiger partial charge is 0.444 e. The normalized spacial score (nSPS) is 16.9. The predicted molar refractivity (Wildman–Crippen MR) is 142 cm³/mol. The number of benzene rings is 2. The first-order valence-corrected chi connectivity index (χ1v) is 12.8. The zero-order valence-corrected chi connectivity index (χ0v) is 22.1. The van der Waals surface area contributed by atoms with Crippen LogP contribution in [-0.4, -0.2) is 76.6 Å². The van der Waals surface area contributed by atoms with E-state index in [9.17, 15) is 9.59 Å². The van der Waals surface area contributed by atoms with Crippen molar-refractivity contribution in [1.29, 1.82) is 0 Å². The van der Waals surface area contributed by atoms with Crippen LogP contribution in [0.4, 0.5) is 10.5 Å². The van der Waals surface area contributed by atoms with E-state index in [2.05, 4.69) is 14.9 Å². The Labute approximate surface area is 220 Å². The quantitative estimate of drug-likeness (QED) is 0.513. The molecule has 1 aromatic heterocycles. The lowest BCUT2D eigenvalue weighted by Gasteiger charge is -2.43. The van der Waals surface area contributed by atoms with E-state index < -0.39 is 5.60 Å². The van der Waals surface area contributed by atoms with Gasteiger partial charge in [-0.15, -0.1) is 0 Å². The highest BCUT2D eigenvalue weighted by atomic mass is 35.5. The van der Waals surface area contributed by atoms with E-state index in [-0.39, 0.29) is 17.9 Å². The van der Waals surface area contributed by atoms with Crippen LogP contribution in [0.25, 0.3) is 22.4 Å². The molecule has 0 atom stereocenters. The molecule has 0 radical (unpaired) electrons. The van der Waals surface area contributed by atoms with Gasteiger partial charge in [0.15, 0.2) is 0 Å². The summed E-state index contributed by atoms with van der Waals surface area (Å²) in [4.78, 5) is 38.8. The van der Waals surface area contributed by atoms with Gasteiger partial charge in [0.05, 0.1) is 22.0 Å². The Balaban J connectivity index is 1.20. The number of aromatic nitrogens is 2. The molecule has 2 aromatic carbocycles. The average Bonchev–Trinajstić information content (AvgIpc) is 3.20. The van der Waals surface area contributed by atoms with Gasteiger partial charge in [-0.3, -0.25) is 4.79 Å². The van der Waals surface area contributed by atoms with Gasteiger partial charge in [-0.2, -0.15) is 0 Å². The maximum Gasteiger partial charge on any atom is 0.410 e. The van der Waals surface area contributed by atoms with Crippen LogP contribution >= 0.6 is 23.2 Å². The van der Waals surface area contributed by atoms with Crippen LogP contribution in [0.5, 0.6) is 0 Å². The van der Waals surface area contributed by atoms with Crippen molar-refractivity contribution in [2.24, 2.45) is 5.92 Å². The van der Waals surface area contributed by atoms with Gasteiger partial charge >= 0.3 is 6.09 Å². The second-order valence-corrected chi connectivity index (χ2v) is 11.1. The van der Waals surface area contributed by atoms with E-state index in [1.54, 1.807) is 4.90 Å². The van der Waals surface area contributed by atoms with Gasteiger partial charge in [0.1, 0.15) is 11.4 Å². The number of fused-ring (bicyclic) bond motifs is 1. The Hall–Kier alpha value is -2.97. The highest BCUT2D eigenvalue weighted by Crippen LogP contribution is 2.33. The first kappa shape index (κ1) is 24.7. The maximum atomic E-state index is 13.0. The molecule has 190 valence electrons. The van der Waals surface area contributed by atoms with E-state index in [1.807, 2.05) is 62.1 Å². The molecule has 10 heteroatoms. The summed E-state index contributed by atoms with van der Waals surface area (Å²) in [7, 11) is 0. The van der Waals surface area contributed by atoms with Gasteiger partial charge in [0, 0.05) is 55.5 Å². The van der Waals surface area contributed by atoms with E-state index in [0.29, 0.717) is 55.1 Å². The van der Waals surface area contributed by atoms with Crippen molar-refractivity contribution in [3.05, 3.63) is 46.4 Å². The highest BCUT2D eigenvalue weighted by Gasteiger charge is 2.40. The minimum Gasteiger partial charge on any atom is -0.444 e. The summed E-state index contributed by atoms with van der Waals surface area (Å²) in [6.45, 7) is 9.02. The first-order valence-electron chi connectivity index (χ1n) is 12.0. The molecule has 0 aliphatic carbocycles. The number of likely N-dealkylation sites (tertiary alicyclic amines) is 1. The number of H-pyrrole nitrogens is 1. The zero-order chi connectivity index (χ0) is 25.6. The molecule has 0 unspecified atom stereocenters. The summed E-state index contributed by atoms with van der Waals surface area (Å²) in [5, 5.41) is 1.25. The molecule has 2 aliphatic rings. The second kappa shape index (κ2) is 9.48. The molecule has 8 nitrogen and oxygen atoms in total. The highest BCUT2D eigenvalue weighted by molar-refractivity contribution is 6.33. The molecule has 0 bridgehead atoms. The summed E-state index contributed by atoms with van der Waals surface area (Å²) < 4.78 is 5.38. The van der Waals surface area contributed by atoms with Crippen molar-refractivity contribution >= 4 is 51.9 Å². The summed E-state index contributed by atoms with van der Waals surface area (Å²) in [6, 6.07) is 11.4. The number of piperazine rings is 1. The number of nitrogens with zero attached hydrogens (tertiary/aromatic N) is 4. The van der Waals surface area contributed by atoms with Crippen LogP contribution < -0.4 is 4.90 Å². The van der Waals surface area contributed by atoms with E-state index in [1.165, 1.54) is 0 Å². The van der Waals surface area contributed by atoms with E-state index >= 15 is 0 Å². The smallest absolute Gasteiger partial charge is 0.410 e. The molecule has 0 spiro atoms. The molecule has 36 heavy (non-hydrogen) atoms. The molecule has 2 fully saturated rings. The number of ether oxygens (including phenoxy) is 1. The number of carbonyl (C=O) groups excluding carboxylic acids is 2. The van der Waals surface area contributed by atoms with Gasteiger partial charge in [0.2, 0.25) is 5.91 Å². The topological polar surface area (TPSA) is 81.8 Å². The fourth-order valence-corrected chi connectivity index (χ4v) is 4.93. The number of aromatic amines is 1. The zero-order valence-electron chi connectivity index (χ0n) is 20.6. The Morgan fingerprint density at radius 2 is 1.72 bits per heavy atom. The van der Waals surface area contributed by atoms with Crippen LogP contribution in [0.1, 0.15) is 20.8 Å². The lowest BCUT2D eigenvalue weighted by Crippen LogP contribution is -2.59. The number of nitrogens with one attached hydrogen (secondary N) is 1. The number of amides is 2. The number of halogens is 2. The molecule has 3 heterocycles. The number of hydrogen-bond donors (Lipinski definition) is 1. The van der Waals surface area contributed by atoms with E-state index in [0.717, 1.165) is 22.3 Å². The fraction of sp³-hybridized carbons (Fsp3) is 0.423. The van der Waals surface area contributed by atoms with E-state index in [4.69, 9.17) is 27.9 Å². The standard InChI is InChI=1S/C26H29Cl2N5O3/c1-26(2,3)36-25(35)33-14-16(15-33)24(34)32-10-8-31(9-11-32)18-5-6-20(28)19(13-18)23-29-21-7-4-17(27)12-22(21)30-23/h4-7,12-13,16H,8-11,14-15H2,1-3H3,(H,29,30). The van der Waals surface area contributed by atoms with Crippen molar-refractivity contribution in [3.8, 4) is 11.4 Å². The molecule has 3 aromatic rings. The van der Waals surface area contributed by atoms with Gasteiger partial charge in [0.25, 0.3) is 0 Å². The maximum absolute atomic E-state index is 13.0. The van der Waals surface area contributed by atoms with Crippen LogP contribution in [0, 0.1) is 5.92 Å². The van der Waals surface area contributed by atoms with Gasteiger partial charge in [-0.25, -0.2) is 9.78 Å². The number of imidazole rings is 1. The van der Waals surface area contributed by atoms with Gasteiger partial charge < -0.3 is 24.4 Å². The molecule has 2 amide bonds. The van der Waals surface area contributed by atoms with Crippen LogP contribution in [-0.2, 0) is 9.53 Å². The second-order valence-electron chi connectivity index (χ2n) is 10.3. The van der Waals surface area contributed by atoms with Crippen molar-refractivity contribution in [2.75, 3.05) is 44.2 Å². The lowest BCUT2D eigenvalue weighted by molar-refractivity contribution is -0.140. The third-order valence-corrected chi connectivity index (χ3v) is 7.05. The Morgan fingerprint density at radius 1 is 1.00 bits per heavy atom. The molecule has 2 saturated heterocycles. The number of hydrogen-bond acceptors (Lipinski definition) is 5. The Kier molecular flexibility index (Phi) is 6.51. The van der Waals surface area contributed by atoms with Crippen LogP contribution in [0.3, 0.4) is 0 Å². The molecule has 0 saturated carbocycles. The monoisotopic (exact) mass is 529 g/mol. The summed E-state index contributed by atoms with van der Waals surface area (Å²) in [5.74, 6) is 0.632. The molecule has 2 aliphatic heterocycles. The van der Waals surface area contributed by atoms with Crippen LogP contribution in [0.15, 0.2) is 36.4 Å². The molecular weight excluding hydrogens is 501 g/mol. The van der Waals surface area contributed by atoms with Crippen molar-refractivity contribution in [2.45, 2.75) is 26.4 Å². The lowest BCUT2D eigenvalue weighted by atomic mass is 9.98. The van der Waals surface area contributed by atoms with Crippen molar-refractivity contribution in [1.82, 2.24) is 19.8 Å². The third kappa shape index (κ3) is 5.11. The predicted octanol–water partition coefficient (Wildman–Crippen LogP) is 5.05. The minimum absolute atomic E-state index is 0.104. The molecule has 5 rings (SSSR count). The molecular formula is C26H29Cl2N5O3. The van der Waals surface area contributed by atoms with Gasteiger partial charge in [-0.05, 0) is 57.2 Å². The number of rotatable bonds is 3. The first-order chi connectivity index (χ1) is 17.1. The molecule has 1 N–H and O–H groups in total. The third-order valence-electron chi connectivity index (χ3n) is 6.49. The van der Waals surface area contributed by atoms with Gasteiger partial charge in [-0.1, -0.05) is 23.2 Å². The summed E-state index contributed by atoms with van der Waals surface area (Å²) in [6.07, 6.45) is -0.359. The number of anilines is 1. The van der Waals surface area contributed by atoms with Crippen molar-refractivity contribution < 1.29 is 14.3 Å². The average molecular weight is 530 g/mol. The summed E-state index contributed by atoms with van der Waals surface area (Å²) >= 11 is 12.6. The SMILES string of the molecule is CC(C)(C)OC(=O)N1CC(C(=O)N2CCN(c3ccc(Cl)c(-c4nc5ccc(Cl)cc5[nH]4)c3)CC2)C1. The fourth-order valence-electron chi connectivity index (χ4n) is 4.55. The number of carbonyl (C=O) groups is 2. The Bertz CT molecular complexity index is 1300. The van der Waals surface area contributed by atoms with Crippen LogP contribution in [0.2, 0.25) is 10.0 Å². The van der Waals surface area contributed by atoms with Crippen molar-refractivity contribution in [3.63, 3.8) is 0 Å². The Morgan fingerprint density at radius 3 is 2.42 bits per heavy atom.